The van der Waals surface area contributed by atoms with E-state index in [1.54, 1.807) is 7.11 Å². The minimum Gasteiger partial charge on any atom is -0.495 e. The largest absolute Gasteiger partial charge is 0.495 e. The third-order valence-electron chi connectivity index (χ3n) is 2.07. The zero-order valence-electron chi connectivity index (χ0n) is 8.92. The van der Waals surface area contributed by atoms with Gasteiger partial charge in [-0.15, -0.1) is 6.58 Å². The number of methoxy groups -OCH3 is 1. The van der Waals surface area contributed by atoms with E-state index in [4.69, 9.17) is 16.3 Å². The summed E-state index contributed by atoms with van der Waals surface area (Å²) in [6.45, 7) is 4.60. The molecule has 0 amide bonds. The fourth-order valence-electron chi connectivity index (χ4n) is 1.26. The second-order valence-electron chi connectivity index (χ2n) is 3.21. The number of rotatable bonds is 6. The molecule has 0 aliphatic heterocycles. The van der Waals surface area contributed by atoms with Gasteiger partial charge in [0.2, 0.25) is 0 Å². The number of nitrogens with one attached hydrogen (secondary N) is 1. The van der Waals surface area contributed by atoms with Gasteiger partial charge in [-0.1, -0.05) is 17.7 Å². The Labute approximate surface area is 95.9 Å². The van der Waals surface area contributed by atoms with Crippen LogP contribution in [0.5, 0.6) is 5.75 Å². The van der Waals surface area contributed by atoms with E-state index in [0.29, 0.717) is 10.8 Å². The molecule has 15 heavy (non-hydrogen) atoms. The molecule has 0 radical (unpaired) electrons. The minimum atomic E-state index is 0.631. The van der Waals surface area contributed by atoms with Gasteiger partial charge in [-0.25, -0.2) is 0 Å². The van der Waals surface area contributed by atoms with Crippen LogP contribution in [0.2, 0.25) is 5.02 Å². The van der Waals surface area contributed by atoms with Crippen molar-refractivity contribution in [3.05, 3.63) is 35.9 Å². The quantitative estimate of drug-likeness (QED) is 0.589. The summed E-state index contributed by atoms with van der Waals surface area (Å²) in [5.41, 5.74) is 1.02. The lowest BCUT2D eigenvalue weighted by molar-refractivity contribution is 0.415. The average Bonchev–Trinajstić information content (AvgIpc) is 2.25. The SMILES string of the molecule is C=CCCCNc1ccc(OC)c(Cl)c1. The van der Waals surface area contributed by atoms with E-state index in [0.717, 1.165) is 25.1 Å². The Morgan fingerprint density at radius 1 is 1.53 bits per heavy atom. The molecule has 0 heterocycles. The van der Waals surface area contributed by atoms with Crippen molar-refractivity contribution in [2.45, 2.75) is 12.8 Å². The summed E-state index contributed by atoms with van der Waals surface area (Å²) in [5, 5.41) is 3.91. The lowest BCUT2D eigenvalue weighted by Crippen LogP contribution is -2.00. The molecule has 1 rings (SSSR count). The Kier molecular flexibility index (Phi) is 5.05. The molecule has 1 N–H and O–H groups in total. The van der Waals surface area contributed by atoms with Gasteiger partial charge in [0.1, 0.15) is 5.75 Å². The first-order valence-corrected chi connectivity index (χ1v) is 5.34. The molecule has 82 valence electrons. The second-order valence-corrected chi connectivity index (χ2v) is 3.61. The predicted octanol–water partition coefficient (Wildman–Crippen LogP) is 3.73. The van der Waals surface area contributed by atoms with E-state index in [1.807, 2.05) is 24.3 Å². The number of hydrogen-bond acceptors (Lipinski definition) is 2. The van der Waals surface area contributed by atoms with Gasteiger partial charge in [0.05, 0.1) is 12.1 Å². The maximum absolute atomic E-state index is 5.99. The fourth-order valence-corrected chi connectivity index (χ4v) is 1.51. The van der Waals surface area contributed by atoms with Crippen molar-refractivity contribution >= 4 is 17.3 Å². The molecule has 0 spiro atoms. The van der Waals surface area contributed by atoms with E-state index < -0.39 is 0 Å². The topological polar surface area (TPSA) is 21.3 Å². The number of ether oxygens (including phenoxy) is 1. The molecule has 0 saturated carbocycles. The van der Waals surface area contributed by atoms with Gasteiger partial charge in [-0.05, 0) is 31.0 Å². The van der Waals surface area contributed by atoms with Gasteiger partial charge in [0.25, 0.3) is 0 Å². The third-order valence-corrected chi connectivity index (χ3v) is 2.36. The number of halogens is 1. The first kappa shape index (κ1) is 11.9. The van der Waals surface area contributed by atoms with Crippen LogP contribution < -0.4 is 10.1 Å². The molecule has 1 aromatic rings. The standard InChI is InChI=1S/C12H16ClNO/c1-3-4-5-8-14-10-6-7-12(15-2)11(13)9-10/h3,6-7,9,14H,1,4-5,8H2,2H3. The van der Waals surface area contributed by atoms with Crippen LogP contribution >= 0.6 is 11.6 Å². The molecule has 3 heteroatoms. The van der Waals surface area contributed by atoms with Gasteiger partial charge >= 0.3 is 0 Å². The van der Waals surface area contributed by atoms with Crippen LogP contribution in [0, 0.1) is 0 Å². The Hall–Kier alpha value is -1.15. The summed E-state index contributed by atoms with van der Waals surface area (Å²) in [6, 6.07) is 5.69. The number of anilines is 1. The first-order valence-electron chi connectivity index (χ1n) is 4.96. The number of allylic oxidation sites excluding steroid dienone is 1. The summed E-state index contributed by atoms with van der Waals surface area (Å²) in [5.74, 6) is 0.702. The first-order chi connectivity index (χ1) is 7.27. The van der Waals surface area contributed by atoms with Crippen LogP contribution in [-0.2, 0) is 0 Å². The molecule has 0 bridgehead atoms. The van der Waals surface area contributed by atoms with Crippen LogP contribution in [0.25, 0.3) is 0 Å². The van der Waals surface area contributed by atoms with Crippen LogP contribution in [-0.4, -0.2) is 13.7 Å². The molecule has 2 nitrogen and oxygen atoms in total. The molecule has 0 unspecified atom stereocenters. The molecule has 0 fully saturated rings. The van der Waals surface area contributed by atoms with Gasteiger partial charge in [-0.3, -0.25) is 0 Å². The van der Waals surface area contributed by atoms with E-state index in [1.165, 1.54) is 0 Å². The molecule has 0 aromatic heterocycles. The Morgan fingerprint density at radius 2 is 2.33 bits per heavy atom. The summed E-state index contributed by atoms with van der Waals surface area (Å²) in [4.78, 5) is 0. The van der Waals surface area contributed by atoms with Crippen molar-refractivity contribution in [3.8, 4) is 5.75 Å². The summed E-state index contributed by atoms with van der Waals surface area (Å²) >= 11 is 5.99. The van der Waals surface area contributed by atoms with Crippen molar-refractivity contribution in [2.24, 2.45) is 0 Å². The van der Waals surface area contributed by atoms with Crippen molar-refractivity contribution < 1.29 is 4.74 Å². The summed E-state index contributed by atoms with van der Waals surface area (Å²) < 4.78 is 5.07. The maximum Gasteiger partial charge on any atom is 0.137 e. The maximum atomic E-state index is 5.99. The third kappa shape index (κ3) is 3.84. The molecule has 0 atom stereocenters. The van der Waals surface area contributed by atoms with Crippen LogP contribution in [0.1, 0.15) is 12.8 Å². The highest BCUT2D eigenvalue weighted by Crippen LogP contribution is 2.27. The zero-order valence-corrected chi connectivity index (χ0v) is 9.68. The van der Waals surface area contributed by atoms with E-state index in [-0.39, 0.29) is 0 Å². The van der Waals surface area contributed by atoms with Gasteiger partial charge in [-0.2, -0.15) is 0 Å². The van der Waals surface area contributed by atoms with Crippen molar-refractivity contribution in [1.82, 2.24) is 0 Å². The van der Waals surface area contributed by atoms with Crippen molar-refractivity contribution in [2.75, 3.05) is 19.0 Å². The van der Waals surface area contributed by atoms with Crippen LogP contribution in [0.3, 0.4) is 0 Å². The lowest BCUT2D eigenvalue weighted by atomic mass is 10.2. The Balaban J connectivity index is 2.48. The zero-order chi connectivity index (χ0) is 11.1. The monoisotopic (exact) mass is 225 g/mol. The molecular weight excluding hydrogens is 210 g/mol. The van der Waals surface area contributed by atoms with E-state index >= 15 is 0 Å². The molecule has 0 aliphatic carbocycles. The summed E-state index contributed by atoms with van der Waals surface area (Å²) in [7, 11) is 1.61. The van der Waals surface area contributed by atoms with Crippen LogP contribution in [0.15, 0.2) is 30.9 Å². The highest BCUT2D eigenvalue weighted by molar-refractivity contribution is 6.32. The van der Waals surface area contributed by atoms with Gasteiger partial charge in [0.15, 0.2) is 0 Å². The average molecular weight is 226 g/mol. The smallest absolute Gasteiger partial charge is 0.137 e. The lowest BCUT2D eigenvalue weighted by Gasteiger charge is -2.08. The summed E-state index contributed by atoms with van der Waals surface area (Å²) in [6.07, 6.45) is 4.02. The van der Waals surface area contributed by atoms with Crippen molar-refractivity contribution in [1.29, 1.82) is 0 Å². The second kappa shape index (κ2) is 6.36. The molecule has 0 aliphatic rings. The molecule has 0 saturated heterocycles. The van der Waals surface area contributed by atoms with E-state index in [2.05, 4.69) is 11.9 Å². The number of unbranched alkanes of at least 4 members (excludes halogenated alkanes) is 1. The predicted molar refractivity (Wildman–Crippen MR) is 65.9 cm³/mol. The van der Waals surface area contributed by atoms with Crippen LogP contribution in [0.4, 0.5) is 5.69 Å². The molecular formula is C12H16ClNO. The number of hydrogen-bond donors (Lipinski definition) is 1. The highest BCUT2D eigenvalue weighted by Gasteiger charge is 2.00. The Bertz CT molecular complexity index is 325. The van der Waals surface area contributed by atoms with Crippen molar-refractivity contribution in [3.63, 3.8) is 0 Å². The van der Waals surface area contributed by atoms with Gasteiger partial charge < -0.3 is 10.1 Å². The highest BCUT2D eigenvalue weighted by atomic mass is 35.5. The van der Waals surface area contributed by atoms with Gasteiger partial charge in [0, 0.05) is 12.2 Å². The normalized spacial score (nSPS) is 9.73. The number of benzene rings is 1. The van der Waals surface area contributed by atoms with E-state index in [9.17, 15) is 0 Å². The molecule has 1 aromatic carbocycles. The fraction of sp³-hybridized carbons (Fsp3) is 0.333. The minimum absolute atomic E-state index is 0.631. The Morgan fingerprint density at radius 3 is 2.93 bits per heavy atom.